The van der Waals surface area contributed by atoms with Crippen molar-refractivity contribution in [3.05, 3.63) is 23.6 Å². The Bertz CT molecular complexity index is 605. The SMILES string of the molecule is COc1cc(CNCCOC(C)C)cc2nc(C(C)C)oc12. The first kappa shape index (κ1) is 16.8. The summed E-state index contributed by atoms with van der Waals surface area (Å²) in [4.78, 5) is 4.55. The molecule has 122 valence electrons. The summed E-state index contributed by atoms with van der Waals surface area (Å²) in [5.41, 5.74) is 2.69. The number of hydrogen-bond donors (Lipinski definition) is 1. The van der Waals surface area contributed by atoms with Crippen LogP contribution in [0.5, 0.6) is 5.75 Å². The van der Waals surface area contributed by atoms with Gasteiger partial charge in [0, 0.05) is 19.0 Å². The molecule has 0 amide bonds. The average Bonchev–Trinajstić information content (AvgIpc) is 2.90. The summed E-state index contributed by atoms with van der Waals surface area (Å²) in [5, 5.41) is 3.36. The Balaban J connectivity index is 2.07. The molecule has 5 heteroatoms. The van der Waals surface area contributed by atoms with Gasteiger partial charge in [0.1, 0.15) is 5.52 Å². The normalized spacial score (nSPS) is 11.8. The van der Waals surface area contributed by atoms with E-state index in [2.05, 4.69) is 24.1 Å². The van der Waals surface area contributed by atoms with E-state index in [1.807, 2.05) is 26.0 Å². The van der Waals surface area contributed by atoms with E-state index < -0.39 is 0 Å². The van der Waals surface area contributed by atoms with Gasteiger partial charge < -0.3 is 19.2 Å². The number of hydrogen-bond acceptors (Lipinski definition) is 5. The highest BCUT2D eigenvalue weighted by Crippen LogP contribution is 2.30. The number of aromatic nitrogens is 1. The molecule has 0 fully saturated rings. The van der Waals surface area contributed by atoms with Crippen LogP contribution in [0.15, 0.2) is 16.5 Å². The fourth-order valence-corrected chi connectivity index (χ4v) is 2.17. The Morgan fingerprint density at radius 1 is 1.23 bits per heavy atom. The molecule has 0 bridgehead atoms. The zero-order chi connectivity index (χ0) is 16.1. The lowest BCUT2D eigenvalue weighted by Crippen LogP contribution is -2.20. The second-order valence-corrected chi connectivity index (χ2v) is 5.95. The van der Waals surface area contributed by atoms with Crippen LogP contribution in [0, 0.1) is 0 Å². The van der Waals surface area contributed by atoms with E-state index in [4.69, 9.17) is 13.9 Å². The minimum atomic E-state index is 0.256. The number of methoxy groups -OCH3 is 1. The molecule has 1 aromatic heterocycles. The van der Waals surface area contributed by atoms with Gasteiger partial charge in [-0.2, -0.15) is 0 Å². The lowest BCUT2D eigenvalue weighted by molar-refractivity contribution is 0.0807. The van der Waals surface area contributed by atoms with Gasteiger partial charge in [-0.1, -0.05) is 13.8 Å². The first-order valence-corrected chi connectivity index (χ1v) is 7.81. The highest BCUT2D eigenvalue weighted by atomic mass is 16.5. The molecule has 0 unspecified atom stereocenters. The average molecular weight is 306 g/mol. The number of rotatable bonds is 8. The van der Waals surface area contributed by atoms with Crippen LogP contribution >= 0.6 is 0 Å². The Labute approximate surface area is 132 Å². The van der Waals surface area contributed by atoms with Crippen molar-refractivity contribution in [2.24, 2.45) is 0 Å². The number of fused-ring (bicyclic) bond motifs is 1. The van der Waals surface area contributed by atoms with Gasteiger partial charge >= 0.3 is 0 Å². The molecule has 0 spiro atoms. The summed E-state index contributed by atoms with van der Waals surface area (Å²) < 4.78 is 16.7. The maximum absolute atomic E-state index is 5.80. The van der Waals surface area contributed by atoms with Gasteiger partial charge in [0.15, 0.2) is 17.2 Å². The van der Waals surface area contributed by atoms with Crippen molar-refractivity contribution in [1.29, 1.82) is 0 Å². The first-order valence-electron chi connectivity index (χ1n) is 7.81. The smallest absolute Gasteiger partial charge is 0.198 e. The summed E-state index contributed by atoms with van der Waals surface area (Å²) in [6.07, 6.45) is 0.267. The fraction of sp³-hybridized carbons (Fsp3) is 0.588. The number of nitrogens with zero attached hydrogens (tertiary/aromatic N) is 1. The van der Waals surface area contributed by atoms with Crippen molar-refractivity contribution in [2.75, 3.05) is 20.3 Å². The monoisotopic (exact) mass is 306 g/mol. The zero-order valence-electron chi connectivity index (χ0n) is 14.1. The van der Waals surface area contributed by atoms with E-state index in [0.717, 1.165) is 41.4 Å². The standard InChI is InChI=1S/C17H26N2O3/c1-11(2)17-19-14-8-13(9-15(20-5)16(14)22-17)10-18-6-7-21-12(3)4/h8-9,11-12,18H,6-7,10H2,1-5H3. The van der Waals surface area contributed by atoms with E-state index in [0.29, 0.717) is 6.61 Å². The maximum atomic E-state index is 5.80. The van der Waals surface area contributed by atoms with Gasteiger partial charge in [0.2, 0.25) is 0 Å². The summed E-state index contributed by atoms with van der Waals surface area (Å²) in [6.45, 7) is 10.5. The lowest BCUT2D eigenvalue weighted by atomic mass is 10.2. The predicted octanol–water partition coefficient (Wildman–Crippen LogP) is 3.47. The minimum Gasteiger partial charge on any atom is -0.493 e. The summed E-state index contributed by atoms with van der Waals surface area (Å²) in [7, 11) is 1.65. The molecule has 22 heavy (non-hydrogen) atoms. The molecule has 0 radical (unpaired) electrons. The fourth-order valence-electron chi connectivity index (χ4n) is 2.17. The molecule has 1 heterocycles. The molecule has 0 aliphatic carbocycles. The van der Waals surface area contributed by atoms with Gasteiger partial charge in [0.05, 0.1) is 19.8 Å². The van der Waals surface area contributed by atoms with E-state index in [-0.39, 0.29) is 12.0 Å². The van der Waals surface area contributed by atoms with Crippen molar-refractivity contribution < 1.29 is 13.9 Å². The Morgan fingerprint density at radius 2 is 2.00 bits per heavy atom. The summed E-state index contributed by atoms with van der Waals surface area (Å²) in [5.74, 6) is 1.72. The number of ether oxygens (including phenoxy) is 2. The van der Waals surface area contributed by atoms with Crippen molar-refractivity contribution >= 4 is 11.1 Å². The summed E-state index contributed by atoms with van der Waals surface area (Å²) >= 11 is 0. The molecular formula is C17H26N2O3. The molecular weight excluding hydrogens is 280 g/mol. The van der Waals surface area contributed by atoms with E-state index in [1.54, 1.807) is 7.11 Å². The molecule has 0 aliphatic heterocycles. The van der Waals surface area contributed by atoms with Crippen molar-refractivity contribution in [3.63, 3.8) is 0 Å². The van der Waals surface area contributed by atoms with Crippen LogP contribution in [0.3, 0.4) is 0 Å². The van der Waals surface area contributed by atoms with Gasteiger partial charge in [-0.25, -0.2) is 4.98 Å². The van der Waals surface area contributed by atoms with Crippen LogP contribution in [-0.4, -0.2) is 31.3 Å². The first-order chi connectivity index (χ1) is 10.5. The molecule has 2 rings (SSSR count). The molecule has 5 nitrogen and oxygen atoms in total. The van der Waals surface area contributed by atoms with Crippen molar-refractivity contribution in [3.8, 4) is 5.75 Å². The minimum absolute atomic E-state index is 0.256. The Morgan fingerprint density at radius 3 is 2.64 bits per heavy atom. The molecule has 0 atom stereocenters. The number of benzene rings is 1. The van der Waals surface area contributed by atoms with Crippen molar-refractivity contribution in [2.45, 2.75) is 46.3 Å². The third-order valence-corrected chi connectivity index (χ3v) is 3.31. The molecule has 0 saturated heterocycles. The second-order valence-electron chi connectivity index (χ2n) is 5.95. The van der Waals surface area contributed by atoms with Crippen LogP contribution in [0.4, 0.5) is 0 Å². The van der Waals surface area contributed by atoms with E-state index >= 15 is 0 Å². The largest absolute Gasteiger partial charge is 0.493 e. The lowest BCUT2D eigenvalue weighted by Gasteiger charge is -2.09. The van der Waals surface area contributed by atoms with Crippen LogP contribution in [0.2, 0.25) is 0 Å². The van der Waals surface area contributed by atoms with Gasteiger partial charge in [-0.3, -0.25) is 0 Å². The Kier molecular flexibility index (Phi) is 5.80. The zero-order valence-corrected chi connectivity index (χ0v) is 14.1. The molecule has 1 aromatic carbocycles. The van der Waals surface area contributed by atoms with Crippen LogP contribution in [-0.2, 0) is 11.3 Å². The number of nitrogens with one attached hydrogen (secondary N) is 1. The second kappa shape index (κ2) is 7.61. The van der Waals surface area contributed by atoms with Gasteiger partial charge in [-0.05, 0) is 31.5 Å². The molecule has 0 saturated carbocycles. The van der Waals surface area contributed by atoms with Gasteiger partial charge in [-0.15, -0.1) is 0 Å². The third kappa shape index (κ3) is 4.21. The van der Waals surface area contributed by atoms with Crippen LogP contribution < -0.4 is 10.1 Å². The van der Waals surface area contributed by atoms with E-state index in [9.17, 15) is 0 Å². The van der Waals surface area contributed by atoms with Crippen LogP contribution in [0.1, 0.15) is 45.1 Å². The topological polar surface area (TPSA) is 56.5 Å². The third-order valence-electron chi connectivity index (χ3n) is 3.31. The predicted molar refractivity (Wildman–Crippen MR) is 87.4 cm³/mol. The molecule has 0 aliphatic rings. The van der Waals surface area contributed by atoms with Crippen molar-refractivity contribution in [1.82, 2.24) is 10.3 Å². The summed E-state index contributed by atoms with van der Waals surface area (Å²) in [6, 6.07) is 4.04. The highest BCUT2D eigenvalue weighted by molar-refractivity contribution is 5.80. The molecule has 1 N–H and O–H groups in total. The number of oxazole rings is 1. The quantitative estimate of drug-likeness (QED) is 0.757. The molecule has 2 aromatic rings. The van der Waals surface area contributed by atoms with Crippen LogP contribution in [0.25, 0.3) is 11.1 Å². The maximum Gasteiger partial charge on any atom is 0.198 e. The van der Waals surface area contributed by atoms with Gasteiger partial charge in [0.25, 0.3) is 0 Å². The highest BCUT2D eigenvalue weighted by Gasteiger charge is 2.14. The Hall–Kier alpha value is -1.59. The van der Waals surface area contributed by atoms with E-state index in [1.165, 1.54) is 0 Å².